The first-order valence-electron chi connectivity index (χ1n) is 7.54. The molecule has 0 saturated carbocycles. The van der Waals surface area contributed by atoms with Crippen LogP contribution in [-0.4, -0.2) is 6.54 Å². The summed E-state index contributed by atoms with van der Waals surface area (Å²) < 4.78 is 0. The molecule has 0 amide bonds. The van der Waals surface area contributed by atoms with Gasteiger partial charge in [0.05, 0.1) is 0 Å². The van der Waals surface area contributed by atoms with Gasteiger partial charge in [0.1, 0.15) is 0 Å². The molecule has 2 aromatic carbocycles. The van der Waals surface area contributed by atoms with Gasteiger partial charge < -0.3 is 5.73 Å². The Morgan fingerprint density at radius 1 is 1.00 bits per heavy atom. The Kier molecular flexibility index (Phi) is 3.62. The molecule has 0 aromatic heterocycles. The van der Waals surface area contributed by atoms with E-state index in [1.54, 1.807) is 0 Å². The minimum absolute atomic E-state index is 0.237. The van der Waals surface area contributed by atoms with Crippen LogP contribution < -0.4 is 5.73 Å². The molecule has 0 fully saturated rings. The lowest BCUT2D eigenvalue weighted by Gasteiger charge is -2.38. The highest BCUT2D eigenvalue weighted by atomic mass is 14.6. The monoisotopic (exact) mass is 265 g/mol. The zero-order valence-corrected chi connectivity index (χ0v) is 12.2. The van der Waals surface area contributed by atoms with E-state index in [-0.39, 0.29) is 5.41 Å². The van der Waals surface area contributed by atoms with E-state index in [4.69, 9.17) is 5.73 Å². The molecule has 104 valence electrons. The van der Waals surface area contributed by atoms with Gasteiger partial charge in [-0.1, -0.05) is 48.5 Å². The zero-order chi connectivity index (χ0) is 14.0. The number of rotatable bonds is 3. The first-order chi connectivity index (χ1) is 9.72. The molecular weight excluding hydrogens is 242 g/mol. The molecule has 0 bridgehead atoms. The van der Waals surface area contributed by atoms with Crippen molar-refractivity contribution < 1.29 is 0 Å². The van der Waals surface area contributed by atoms with Crippen molar-refractivity contribution in [3.63, 3.8) is 0 Å². The van der Waals surface area contributed by atoms with E-state index in [0.29, 0.717) is 0 Å². The second-order valence-corrected chi connectivity index (χ2v) is 6.25. The first-order valence-corrected chi connectivity index (χ1v) is 7.54. The molecule has 0 radical (unpaired) electrons. The Balaban J connectivity index is 1.89. The van der Waals surface area contributed by atoms with Crippen molar-refractivity contribution in [2.45, 2.75) is 32.6 Å². The minimum atomic E-state index is 0.237. The van der Waals surface area contributed by atoms with E-state index in [9.17, 15) is 0 Å². The van der Waals surface area contributed by atoms with Crippen molar-refractivity contribution in [3.05, 3.63) is 70.8 Å². The molecule has 1 aliphatic carbocycles. The average Bonchev–Trinajstić information content (AvgIpc) is 2.49. The van der Waals surface area contributed by atoms with Crippen LogP contribution in [0.15, 0.2) is 48.5 Å². The Morgan fingerprint density at radius 2 is 1.70 bits per heavy atom. The minimum Gasteiger partial charge on any atom is -0.330 e. The average molecular weight is 265 g/mol. The normalized spacial score (nSPS) is 21.5. The van der Waals surface area contributed by atoms with Gasteiger partial charge in [0.25, 0.3) is 0 Å². The third kappa shape index (κ3) is 2.51. The topological polar surface area (TPSA) is 26.0 Å². The van der Waals surface area contributed by atoms with Crippen molar-refractivity contribution in [2.75, 3.05) is 6.54 Å². The van der Waals surface area contributed by atoms with Gasteiger partial charge in [0.2, 0.25) is 0 Å². The number of aryl methyl sites for hydroxylation is 2. The molecule has 0 heterocycles. The van der Waals surface area contributed by atoms with Crippen molar-refractivity contribution in [2.24, 2.45) is 11.1 Å². The van der Waals surface area contributed by atoms with Crippen molar-refractivity contribution in [3.8, 4) is 0 Å². The van der Waals surface area contributed by atoms with Crippen LogP contribution >= 0.6 is 0 Å². The first kappa shape index (κ1) is 13.4. The number of benzene rings is 2. The fourth-order valence-corrected chi connectivity index (χ4v) is 3.48. The molecule has 1 atom stereocenters. The summed E-state index contributed by atoms with van der Waals surface area (Å²) in [6.07, 6.45) is 4.59. The number of hydrogen-bond acceptors (Lipinski definition) is 1. The molecule has 1 nitrogen and oxygen atoms in total. The summed E-state index contributed by atoms with van der Waals surface area (Å²) in [5.74, 6) is 0. The second-order valence-electron chi connectivity index (χ2n) is 6.25. The van der Waals surface area contributed by atoms with Crippen molar-refractivity contribution in [1.29, 1.82) is 0 Å². The van der Waals surface area contributed by atoms with Crippen LogP contribution in [0.4, 0.5) is 0 Å². The standard InChI is InChI=1S/C19H23N/c1-15-6-2-3-8-17(15)12-19(14-20)11-10-16-7-4-5-9-18(16)13-19/h2-9H,10-14,20H2,1H3. The molecule has 0 saturated heterocycles. The lowest BCUT2D eigenvalue weighted by molar-refractivity contribution is 0.253. The summed E-state index contributed by atoms with van der Waals surface area (Å²) in [6.45, 7) is 2.98. The maximum Gasteiger partial charge on any atom is -0.00140 e. The van der Waals surface area contributed by atoms with Crippen LogP contribution in [0.25, 0.3) is 0 Å². The summed E-state index contributed by atoms with van der Waals surface area (Å²) >= 11 is 0. The fraction of sp³-hybridized carbons (Fsp3) is 0.368. The Labute approximate surface area is 121 Å². The van der Waals surface area contributed by atoms with E-state index in [0.717, 1.165) is 19.4 Å². The lowest BCUT2D eigenvalue weighted by Crippen LogP contribution is -2.38. The summed E-state index contributed by atoms with van der Waals surface area (Å²) in [4.78, 5) is 0. The van der Waals surface area contributed by atoms with Crippen LogP contribution in [0.1, 0.15) is 28.7 Å². The van der Waals surface area contributed by atoms with E-state index >= 15 is 0 Å². The molecule has 2 N–H and O–H groups in total. The summed E-state index contributed by atoms with van der Waals surface area (Å²) in [7, 11) is 0. The maximum absolute atomic E-state index is 6.19. The smallest absolute Gasteiger partial charge is 0.00140 e. The molecule has 1 aliphatic rings. The summed E-state index contributed by atoms with van der Waals surface area (Å²) in [5, 5.41) is 0. The predicted octanol–water partition coefficient (Wildman–Crippen LogP) is 3.67. The third-order valence-electron chi connectivity index (χ3n) is 4.87. The Bertz CT molecular complexity index is 602. The van der Waals surface area contributed by atoms with Crippen LogP contribution in [0.5, 0.6) is 0 Å². The second kappa shape index (κ2) is 5.41. The SMILES string of the molecule is Cc1ccccc1CC1(CN)CCc2ccccc2C1. The number of nitrogens with two attached hydrogens (primary N) is 1. The summed E-state index contributed by atoms with van der Waals surface area (Å²) in [6, 6.07) is 17.6. The van der Waals surface area contributed by atoms with Gasteiger partial charge in [-0.25, -0.2) is 0 Å². The highest BCUT2D eigenvalue weighted by molar-refractivity contribution is 5.33. The zero-order valence-electron chi connectivity index (χ0n) is 12.2. The molecule has 2 aromatic rings. The molecule has 1 unspecified atom stereocenters. The van der Waals surface area contributed by atoms with Crippen LogP contribution in [-0.2, 0) is 19.3 Å². The van der Waals surface area contributed by atoms with E-state index in [2.05, 4.69) is 55.5 Å². The largest absolute Gasteiger partial charge is 0.330 e. The van der Waals surface area contributed by atoms with Gasteiger partial charge in [-0.2, -0.15) is 0 Å². The van der Waals surface area contributed by atoms with Gasteiger partial charge in [0, 0.05) is 0 Å². The van der Waals surface area contributed by atoms with Gasteiger partial charge in [-0.05, 0) is 66.8 Å². The predicted molar refractivity (Wildman–Crippen MR) is 84.8 cm³/mol. The van der Waals surface area contributed by atoms with Gasteiger partial charge in [-0.3, -0.25) is 0 Å². The van der Waals surface area contributed by atoms with Gasteiger partial charge >= 0.3 is 0 Å². The Hall–Kier alpha value is -1.60. The fourth-order valence-electron chi connectivity index (χ4n) is 3.48. The highest BCUT2D eigenvalue weighted by Crippen LogP contribution is 2.38. The molecule has 0 spiro atoms. The molecule has 0 aliphatic heterocycles. The third-order valence-corrected chi connectivity index (χ3v) is 4.87. The molecule has 1 heteroatoms. The van der Waals surface area contributed by atoms with Crippen molar-refractivity contribution in [1.82, 2.24) is 0 Å². The van der Waals surface area contributed by atoms with Crippen LogP contribution in [0, 0.1) is 12.3 Å². The van der Waals surface area contributed by atoms with E-state index < -0.39 is 0 Å². The van der Waals surface area contributed by atoms with E-state index in [1.165, 1.54) is 35.1 Å². The van der Waals surface area contributed by atoms with Gasteiger partial charge in [0.15, 0.2) is 0 Å². The highest BCUT2D eigenvalue weighted by Gasteiger charge is 2.33. The van der Waals surface area contributed by atoms with E-state index in [1.807, 2.05) is 0 Å². The number of fused-ring (bicyclic) bond motifs is 1. The maximum atomic E-state index is 6.19. The van der Waals surface area contributed by atoms with Crippen molar-refractivity contribution >= 4 is 0 Å². The molecular formula is C19H23N. The van der Waals surface area contributed by atoms with Crippen LogP contribution in [0.3, 0.4) is 0 Å². The van der Waals surface area contributed by atoms with Gasteiger partial charge in [-0.15, -0.1) is 0 Å². The van der Waals surface area contributed by atoms with Crippen LogP contribution in [0.2, 0.25) is 0 Å². The Morgan fingerprint density at radius 3 is 2.45 bits per heavy atom. The summed E-state index contributed by atoms with van der Waals surface area (Å²) in [5.41, 5.74) is 12.3. The lowest BCUT2D eigenvalue weighted by atomic mass is 9.68. The molecule has 20 heavy (non-hydrogen) atoms. The quantitative estimate of drug-likeness (QED) is 0.900. The molecule has 3 rings (SSSR count). The number of hydrogen-bond donors (Lipinski definition) is 1.